The molecule has 2 aromatic heterocycles. The zero-order chi connectivity index (χ0) is 29.0. The molecule has 0 saturated carbocycles. The van der Waals surface area contributed by atoms with Crippen LogP contribution in [0.3, 0.4) is 0 Å². The van der Waals surface area contributed by atoms with Crippen LogP contribution in [0, 0.1) is 6.92 Å². The molecule has 208 valence electrons. The Morgan fingerprint density at radius 2 is 1.64 bits per heavy atom. The van der Waals surface area contributed by atoms with Gasteiger partial charge >= 0.3 is 0 Å². The van der Waals surface area contributed by atoms with Gasteiger partial charge in [-0.25, -0.2) is 4.98 Å². The number of benzene rings is 3. The van der Waals surface area contributed by atoms with Gasteiger partial charge in [0.2, 0.25) is 0 Å². The van der Waals surface area contributed by atoms with Gasteiger partial charge in [-0.15, -0.1) is 0 Å². The van der Waals surface area contributed by atoms with E-state index in [1.54, 1.807) is 6.20 Å². The van der Waals surface area contributed by atoms with Crippen molar-refractivity contribution >= 4 is 39.3 Å². The predicted molar refractivity (Wildman–Crippen MR) is 167 cm³/mol. The molecular formula is C36H32N4O2. The summed E-state index contributed by atoms with van der Waals surface area (Å²) in [5, 5.41) is 8.77. The van der Waals surface area contributed by atoms with Crippen molar-refractivity contribution in [1.82, 2.24) is 14.9 Å². The number of nitrogens with one attached hydrogen (secondary N) is 2. The van der Waals surface area contributed by atoms with Gasteiger partial charge in [0.1, 0.15) is 5.82 Å². The predicted octanol–water partition coefficient (Wildman–Crippen LogP) is 7.04. The van der Waals surface area contributed by atoms with Crippen molar-refractivity contribution in [2.45, 2.75) is 38.5 Å². The highest BCUT2D eigenvalue weighted by atomic mass is 16.2. The molecule has 0 fully saturated rings. The maximum Gasteiger partial charge on any atom is 0.255 e. The molecule has 42 heavy (non-hydrogen) atoms. The maximum atomic E-state index is 14.1. The molecule has 0 spiro atoms. The zero-order valence-electron chi connectivity index (χ0n) is 23.9. The summed E-state index contributed by atoms with van der Waals surface area (Å²) >= 11 is 0. The van der Waals surface area contributed by atoms with E-state index < -0.39 is 5.92 Å². The second-order valence-electron chi connectivity index (χ2n) is 11.5. The lowest BCUT2D eigenvalue weighted by atomic mass is 9.71. The lowest BCUT2D eigenvalue weighted by molar-refractivity contribution is -0.116. The fourth-order valence-electron chi connectivity index (χ4n) is 6.79. The molecule has 3 aromatic carbocycles. The highest BCUT2D eigenvalue weighted by Crippen LogP contribution is 2.46. The number of hydrogen-bond acceptors (Lipinski definition) is 4. The summed E-state index contributed by atoms with van der Waals surface area (Å²) in [6, 6.07) is 28.7. The molecule has 0 radical (unpaired) electrons. The van der Waals surface area contributed by atoms with E-state index >= 15 is 0 Å². The zero-order valence-corrected chi connectivity index (χ0v) is 23.9. The topological polar surface area (TPSA) is 76.0 Å². The average Bonchev–Trinajstić information content (AvgIpc) is 3.28. The van der Waals surface area contributed by atoms with Gasteiger partial charge in [-0.05, 0) is 73.2 Å². The van der Waals surface area contributed by atoms with E-state index in [1.807, 2.05) is 56.3 Å². The Hall–Kier alpha value is -4.97. The summed E-state index contributed by atoms with van der Waals surface area (Å²) in [7, 11) is 2.07. The Morgan fingerprint density at radius 3 is 2.45 bits per heavy atom. The molecule has 7 rings (SSSR count). The lowest BCUT2D eigenvalue weighted by Gasteiger charge is -2.37. The number of aryl methyl sites for hydroxylation is 2. The number of carbonyl (C=O) groups is 2. The smallest absolute Gasteiger partial charge is 0.255 e. The number of pyridine rings is 1. The van der Waals surface area contributed by atoms with E-state index in [-0.39, 0.29) is 17.6 Å². The molecule has 0 bridgehead atoms. The molecule has 1 amide bonds. The van der Waals surface area contributed by atoms with Crippen molar-refractivity contribution in [1.29, 1.82) is 0 Å². The number of anilines is 1. The van der Waals surface area contributed by atoms with Gasteiger partial charge in [0, 0.05) is 69.9 Å². The third-order valence-corrected chi connectivity index (χ3v) is 8.77. The van der Waals surface area contributed by atoms with E-state index in [0.29, 0.717) is 29.8 Å². The van der Waals surface area contributed by atoms with Gasteiger partial charge in [-0.3, -0.25) is 9.59 Å². The van der Waals surface area contributed by atoms with Crippen LogP contribution in [0.4, 0.5) is 5.82 Å². The Bertz CT molecular complexity index is 1960. The van der Waals surface area contributed by atoms with Crippen LogP contribution < -0.4 is 10.6 Å². The van der Waals surface area contributed by atoms with Crippen LogP contribution in [0.5, 0.6) is 0 Å². The number of fused-ring (bicyclic) bond motifs is 3. The van der Waals surface area contributed by atoms with E-state index in [4.69, 9.17) is 0 Å². The highest BCUT2D eigenvalue weighted by Gasteiger charge is 2.41. The Labute approximate surface area is 244 Å². The number of nitrogens with zero attached hydrogens (tertiary/aromatic N) is 2. The second kappa shape index (κ2) is 10.1. The van der Waals surface area contributed by atoms with Gasteiger partial charge in [0.25, 0.3) is 5.91 Å². The standard InChI is InChI=1S/C36H32N4O2/c1-21-15-16-37-32(17-21)39-36(42)33-22(2)38-28-19-25(23-9-5-4-6-10-23)20-31(41)35(28)34(33)24-13-14-30-27(18-24)26-11-7-8-12-29(26)40(30)3/h4-18,25,34,38H,19-20H2,1-3H3,(H,37,39,42)/t25-,34+/m1/s1. The molecule has 3 heterocycles. The molecule has 1 aliphatic carbocycles. The molecule has 2 N–H and O–H groups in total. The number of rotatable bonds is 4. The Balaban J connectivity index is 1.38. The van der Waals surface area contributed by atoms with Crippen molar-refractivity contribution < 1.29 is 9.59 Å². The van der Waals surface area contributed by atoms with Crippen molar-refractivity contribution in [3.8, 4) is 0 Å². The van der Waals surface area contributed by atoms with Crippen LogP contribution in [0.2, 0.25) is 0 Å². The number of aromatic nitrogens is 2. The molecule has 1 aliphatic heterocycles. The van der Waals surface area contributed by atoms with E-state index in [1.165, 1.54) is 0 Å². The van der Waals surface area contributed by atoms with Crippen LogP contribution in [0.15, 0.2) is 114 Å². The van der Waals surface area contributed by atoms with Crippen molar-refractivity contribution in [2.24, 2.45) is 7.05 Å². The Kier molecular flexibility index (Phi) is 6.27. The SMILES string of the molecule is CC1=C(C(=O)Nc2cc(C)ccn2)[C@H](c2ccc3c(c2)c2ccccc2n3C)C2=C(C[C@@H](c3ccccc3)CC2=O)N1. The third-order valence-electron chi connectivity index (χ3n) is 8.77. The van der Waals surface area contributed by atoms with Crippen LogP contribution in [0.1, 0.15) is 48.3 Å². The van der Waals surface area contributed by atoms with Gasteiger partial charge in [-0.1, -0.05) is 54.6 Å². The fraction of sp³-hybridized carbons (Fsp3) is 0.194. The van der Waals surface area contributed by atoms with Crippen LogP contribution in [-0.2, 0) is 16.6 Å². The molecule has 0 unspecified atom stereocenters. The first-order valence-corrected chi connectivity index (χ1v) is 14.4. The maximum absolute atomic E-state index is 14.1. The van der Waals surface area contributed by atoms with Gasteiger partial charge in [-0.2, -0.15) is 0 Å². The Morgan fingerprint density at radius 1 is 0.881 bits per heavy atom. The summed E-state index contributed by atoms with van der Waals surface area (Å²) in [5.41, 5.74) is 8.24. The quantitative estimate of drug-likeness (QED) is 0.251. The number of dihydropyridines is 1. The minimum absolute atomic E-state index is 0.0760. The number of ketones is 1. The molecule has 2 aliphatic rings. The number of Topliss-reactive ketones (excluding diaryl/α,β-unsaturated/α-hetero) is 1. The van der Waals surface area contributed by atoms with E-state index in [0.717, 1.165) is 49.9 Å². The molecule has 5 aromatic rings. The first-order chi connectivity index (χ1) is 20.4. The van der Waals surface area contributed by atoms with Gasteiger partial charge in [0.05, 0.1) is 0 Å². The van der Waals surface area contributed by atoms with Crippen LogP contribution in [-0.4, -0.2) is 21.2 Å². The first kappa shape index (κ1) is 26.0. The summed E-state index contributed by atoms with van der Waals surface area (Å²) < 4.78 is 2.19. The number of allylic oxidation sites excluding steroid dienone is 3. The third kappa shape index (κ3) is 4.31. The summed E-state index contributed by atoms with van der Waals surface area (Å²) in [4.78, 5) is 32.5. The highest BCUT2D eigenvalue weighted by molar-refractivity contribution is 6.11. The normalized spacial score (nSPS) is 18.8. The minimum atomic E-state index is -0.501. The van der Waals surface area contributed by atoms with E-state index in [9.17, 15) is 9.59 Å². The molecule has 2 atom stereocenters. The molecule has 6 heteroatoms. The molecular weight excluding hydrogens is 520 g/mol. The first-order valence-electron chi connectivity index (χ1n) is 14.4. The lowest BCUT2D eigenvalue weighted by Crippen LogP contribution is -2.37. The fourth-order valence-corrected chi connectivity index (χ4v) is 6.79. The molecule has 0 saturated heterocycles. The van der Waals surface area contributed by atoms with Crippen molar-refractivity contribution in [2.75, 3.05) is 5.32 Å². The second-order valence-corrected chi connectivity index (χ2v) is 11.5. The molecule has 6 nitrogen and oxygen atoms in total. The number of hydrogen-bond donors (Lipinski definition) is 2. The number of carbonyl (C=O) groups excluding carboxylic acids is 2. The van der Waals surface area contributed by atoms with Crippen LogP contribution >= 0.6 is 0 Å². The number of para-hydroxylation sites is 1. The largest absolute Gasteiger partial charge is 0.362 e. The monoisotopic (exact) mass is 552 g/mol. The van der Waals surface area contributed by atoms with Crippen molar-refractivity contribution in [3.05, 3.63) is 130 Å². The van der Waals surface area contributed by atoms with Gasteiger partial charge < -0.3 is 15.2 Å². The summed E-state index contributed by atoms with van der Waals surface area (Å²) in [6.45, 7) is 3.90. The van der Waals surface area contributed by atoms with Gasteiger partial charge in [0.15, 0.2) is 5.78 Å². The van der Waals surface area contributed by atoms with E-state index in [2.05, 4.69) is 69.7 Å². The number of amides is 1. The average molecular weight is 553 g/mol. The summed E-state index contributed by atoms with van der Waals surface area (Å²) in [6.07, 6.45) is 2.81. The van der Waals surface area contributed by atoms with Crippen molar-refractivity contribution in [3.63, 3.8) is 0 Å². The van der Waals surface area contributed by atoms with Crippen LogP contribution in [0.25, 0.3) is 21.8 Å². The minimum Gasteiger partial charge on any atom is -0.362 e. The summed E-state index contributed by atoms with van der Waals surface area (Å²) in [5.74, 6) is -0.107.